The predicted molar refractivity (Wildman–Crippen MR) is 248 cm³/mol. The van der Waals surface area contributed by atoms with E-state index >= 15 is 0 Å². The summed E-state index contributed by atoms with van der Waals surface area (Å²) in [6, 6.07) is 15.1. The van der Waals surface area contributed by atoms with Crippen molar-refractivity contribution >= 4 is 40.9 Å². The number of ether oxygens (including phenoxy) is 2. The average Bonchev–Trinajstić information content (AvgIpc) is 3.71. The first-order valence-corrected chi connectivity index (χ1v) is 22.3. The molecule has 0 spiro atoms. The predicted octanol–water partition coefficient (Wildman–Crippen LogP) is 5.74. The third-order valence-corrected chi connectivity index (χ3v) is 12.2. The van der Waals surface area contributed by atoms with Crippen molar-refractivity contribution in [2.45, 2.75) is 143 Å². The van der Waals surface area contributed by atoms with Gasteiger partial charge in [0.2, 0.25) is 29.5 Å². The lowest BCUT2D eigenvalue weighted by Crippen LogP contribution is -2.54. The molecule has 62 heavy (non-hydrogen) atoms. The fourth-order valence-corrected chi connectivity index (χ4v) is 8.30. The molecule has 2 aromatic carbocycles. The maximum Gasteiger partial charge on any atom is 0.247 e. The van der Waals surface area contributed by atoms with Crippen molar-refractivity contribution in [1.82, 2.24) is 20.0 Å². The van der Waals surface area contributed by atoms with Crippen LogP contribution in [-0.2, 0) is 39.9 Å². The van der Waals surface area contributed by atoms with E-state index in [4.69, 9.17) is 20.9 Å². The lowest BCUT2D eigenvalue weighted by atomic mass is 9.90. The lowest BCUT2D eigenvalue weighted by molar-refractivity contribution is -0.146. The molecule has 0 radical (unpaired) electrons. The molecule has 8 unspecified atom stereocenters. The van der Waals surface area contributed by atoms with E-state index in [0.29, 0.717) is 36.8 Å². The Morgan fingerprint density at radius 3 is 1.95 bits per heavy atom. The number of likely N-dealkylation sites (tertiary alicyclic amines) is 1. The van der Waals surface area contributed by atoms with E-state index in [9.17, 15) is 24.0 Å². The van der Waals surface area contributed by atoms with E-state index in [1.807, 2.05) is 74.9 Å². The summed E-state index contributed by atoms with van der Waals surface area (Å²) in [6.07, 6.45) is 1.97. The van der Waals surface area contributed by atoms with Crippen LogP contribution in [0.4, 0.5) is 11.4 Å². The van der Waals surface area contributed by atoms with E-state index in [1.54, 1.807) is 57.4 Å². The number of anilines is 2. The molecular formula is C48H79N7O7. The number of amides is 5. The fourth-order valence-electron chi connectivity index (χ4n) is 8.30. The Labute approximate surface area is 372 Å². The summed E-state index contributed by atoms with van der Waals surface area (Å²) in [5.74, 6) is -1.08. The minimum atomic E-state index is -0.862. The average molecular weight is 866 g/mol. The molecule has 5 amide bonds. The highest BCUT2D eigenvalue weighted by atomic mass is 16.5. The quantitative estimate of drug-likeness (QED) is 0.107. The zero-order chi connectivity index (χ0) is 46.8. The molecule has 0 aromatic heterocycles. The van der Waals surface area contributed by atoms with Gasteiger partial charge in [0.25, 0.3) is 0 Å². The monoisotopic (exact) mass is 866 g/mol. The van der Waals surface area contributed by atoms with Crippen LogP contribution in [-0.4, -0.2) is 122 Å². The molecule has 1 aliphatic rings. The summed E-state index contributed by atoms with van der Waals surface area (Å²) in [7, 11) is 6.88. The number of hydrogen-bond donors (Lipinski definition) is 4. The van der Waals surface area contributed by atoms with Gasteiger partial charge in [-0.3, -0.25) is 28.9 Å². The van der Waals surface area contributed by atoms with E-state index in [2.05, 4.69) is 38.3 Å². The molecule has 1 saturated heterocycles. The van der Waals surface area contributed by atoms with Crippen LogP contribution in [0.1, 0.15) is 100.0 Å². The summed E-state index contributed by atoms with van der Waals surface area (Å²) >= 11 is 0. The second-order valence-corrected chi connectivity index (χ2v) is 18.0. The van der Waals surface area contributed by atoms with Crippen LogP contribution in [0.15, 0.2) is 54.6 Å². The maximum absolute atomic E-state index is 14.0. The number of primary amides is 1. The number of methoxy groups -OCH3 is 2. The van der Waals surface area contributed by atoms with Gasteiger partial charge in [0.1, 0.15) is 6.04 Å². The van der Waals surface area contributed by atoms with E-state index in [0.717, 1.165) is 18.4 Å². The zero-order valence-corrected chi connectivity index (χ0v) is 39.9. The smallest absolute Gasteiger partial charge is 0.247 e. The van der Waals surface area contributed by atoms with Gasteiger partial charge in [0.05, 0.1) is 42.7 Å². The highest BCUT2D eigenvalue weighted by Crippen LogP contribution is 2.30. The third-order valence-electron chi connectivity index (χ3n) is 12.2. The molecule has 6 N–H and O–H groups in total. The number of carbonyl (C=O) groups excluding carboxylic acids is 5. The number of hydrogen-bond acceptors (Lipinski definition) is 9. The lowest BCUT2D eigenvalue weighted by Gasteiger charge is -2.39. The summed E-state index contributed by atoms with van der Waals surface area (Å²) in [6.45, 7) is 18.6. The molecule has 2 aromatic rings. The Balaban J connectivity index is 0.000000956. The molecule has 1 fully saturated rings. The Hall–Kier alpha value is -4.53. The van der Waals surface area contributed by atoms with Crippen LogP contribution in [0.5, 0.6) is 0 Å². The summed E-state index contributed by atoms with van der Waals surface area (Å²) in [5, 5.41) is 5.87. The van der Waals surface area contributed by atoms with E-state index in [-0.39, 0.29) is 78.3 Å². The molecule has 0 saturated carbocycles. The minimum absolute atomic E-state index is 0.0332. The number of rotatable bonds is 22. The van der Waals surface area contributed by atoms with Gasteiger partial charge in [0.15, 0.2) is 0 Å². The van der Waals surface area contributed by atoms with Crippen LogP contribution in [0.3, 0.4) is 0 Å². The number of benzene rings is 2. The molecular weight excluding hydrogens is 787 g/mol. The molecule has 3 rings (SSSR count). The van der Waals surface area contributed by atoms with Crippen molar-refractivity contribution in [2.75, 3.05) is 45.9 Å². The number of carbonyl (C=O) groups is 5. The molecule has 14 heteroatoms. The Morgan fingerprint density at radius 1 is 0.855 bits per heavy atom. The number of nitrogen functional groups attached to an aromatic ring is 1. The van der Waals surface area contributed by atoms with Crippen molar-refractivity contribution in [3.63, 3.8) is 0 Å². The molecule has 8 atom stereocenters. The van der Waals surface area contributed by atoms with Gasteiger partial charge in [-0.25, -0.2) is 0 Å². The number of nitrogens with zero attached hydrogens (tertiary/aromatic N) is 3. The fraction of sp³-hybridized carbons (Fsp3) is 0.646. The third kappa shape index (κ3) is 16.0. The van der Waals surface area contributed by atoms with Gasteiger partial charge in [0, 0.05) is 58.1 Å². The Morgan fingerprint density at radius 2 is 1.47 bits per heavy atom. The Kier molecular flexibility index (Phi) is 22.6. The van der Waals surface area contributed by atoms with Crippen molar-refractivity contribution < 1.29 is 33.4 Å². The first kappa shape index (κ1) is 53.6. The second kappa shape index (κ2) is 26.2. The first-order chi connectivity index (χ1) is 29.2. The van der Waals surface area contributed by atoms with Crippen LogP contribution < -0.4 is 22.1 Å². The molecule has 14 nitrogen and oxygen atoms in total. The van der Waals surface area contributed by atoms with Gasteiger partial charge in [-0.2, -0.15) is 0 Å². The largest absolute Gasteiger partial charge is 0.399 e. The van der Waals surface area contributed by atoms with Crippen LogP contribution in [0, 0.1) is 23.7 Å². The second-order valence-electron chi connectivity index (χ2n) is 18.0. The van der Waals surface area contributed by atoms with Gasteiger partial charge < -0.3 is 41.4 Å². The van der Waals surface area contributed by atoms with Crippen LogP contribution >= 0.6 is 0 Å². The summed E-state index contributed by atoms with van der Waals surface area (Å²) in [5.41, 5.74) is 13.2. The molecule has 1 heterocycles. The highest BCUT2D eigenvalue weighted by Gasteiger charge is 2.42. The van der Waals surface area contributed by atoms with E-state index < -0.39 is 24.2 Å². The molecule has 0 bridgehead atoms. The highest BCUT2D eigenvalue weighted by molar-refractivity contribution is 5.97. The SMILES string of the molecule is CC(C)C(C(N)=O)N(C)C(C)C.CCC(C)C(C(CC(=O)N1CCCC1C(OC)C(C)C(=O)NC(Cc1ccccc1)C(=O)Nc1ccc(N)cc1)OC)N(C)C(=O)CC(C)C. The first-order valence-electron chi connectivity index (χ1n) is 22.3. The Bertz CT molecular complexity index is 1690. The van der Waals surface area contributed by atoms with Crippen molar-refractivity contribution in [3.8, 4) is 0 Å². The van der Waals surface area contributed by atoms with Crippen molar-refractivity contribution in [1.29, 1.82) is 0 Å². The van der Waals surface area contributed by atoms with Crippen molar-refractivity contribution in [3.05, 3.63) is 60.2 Å². The van der Waals surface area contributed by atoms with Crippen LogP contribution in [0.25, 0.3) is 0 Å². The number of nitrogens with two attached hydrogens (primary N) is 2. The molecule has 0 aliphatic carbocycles. The van der Waals surface area contributed by atoms with Gasteiger partial charge >= 0.3 is 0 Å². The number of likely N-dealkylation sites (N-methyl/N-ethyl adjacent to an activating group) is 2. The topological polar surface area (TPSA) is 190 Å². The molecule has 348 valence electrons. The standard InChI is InChI=1S/C39H59N5O6.C9H20N2O/c1-9-26(4)36(43(6)34(45)22-25(2)3)33(49-7)24-35(46)44-21-13-16-32(44)37(50-8)27(5)38(47)42-31(23-28-14-11-10-12-15-28)39(48)41-30-19-17-29(40)18-20-30;1-6(2)8(9(10)12)11(5)7(3)4/h10-12,14-15,17-20,25-27,31-33,36-37H,9,13,16,21-24,40H2,1-8H3,(H,41,48)(H,42,47);6-8H,1-5H3,(H2,10,12). The van der Waals surface area contributed by atoms with Gasteiger partial charge in [-0.1, -0.05) is 85.2 Å². The minimum Gasteiger partial charge on any atom is -0.399 e. The number of nitrogens with one attached hydrogen (secondary N) is 2. The van der Waals surface area contributed by atoms with Crippen molar-refractivity contribution in [2.24, 2.45) is 29.4 Å². The van der Waals surface area contributed by atoms with Gasteiger partial charge in [-0.05, 0) is 81.3 Å². The summed E-state index contributed by atoms with van der Waals surface area (Å²) in [4.78, 5) is 71.2. The normalized spacial score (nSPS) is 17.4. The van der Waals surface area contributed by atoms with E-state index in [1.165, 1.54) is 0 Å². The zero-order valence-electron chi connectivity index (χ0n) is 39.9. The summed E-state index contributed by atoms with van der Waals surface area (Å²) < 4.78 is 11.9. The maximum atomic E-state index is 14.0. The van der Waals surface area contributed by atoms with Gasteiger partial charge in [-0.15, -0.1) is 0 Å². The van der Waals surface area contributed by atoms with Crippen LogP contribution in [0.2, 0.25) is 0 Å². The molecule has 1 aliphatic heterocycles.